The van der Waals surface area contributed by atoms with Crippen molar-refractivity contribution in [1.82, 2.24) is 15.2 Å². The average molecular weight is 462 g/mol. The third-order valence-corrected chi connectivity index (χ3v) is 7.03. The molecule has 5 heteroatoms. The highest BCUT2D eigenvalue weighted by molar-refractivity contribution is 5.78. The van der Waals surface area contributed by atoms with Gasteiger partial charge in [-0.2, -0.15) is 0 Å². The van der Waals surface area contributed by atoms with Crippen LogP contribution in [-0.4, -0.2) is 15.2 Å². The number of hydrogen-bond acceptors (Lipinski definition) is 5. The van der Waals surface area contributed by atoms with Gasteiger partial charge in [0.05, 0.1) is 11.2 Å². The second-order valence-electron chi connectivity index (χ2n) is 10.2. The predicted octanol–water partition coefficient (Wildman–Crippen LogP) is 6.97. The van der Waals surface area contributed by atoms with E-state index in [1.165, 1.54) is 12.0 Å². The Morgan fingerprint density at radius 2 is 1.69 bits per heavy atom. The molecule has 2 aromatic heterocycles. The van der Waals surface area contributed by atoms with E-state index >= 15 is 0 Å². The first kappa shape index (κ1) is 21.5. The molecule has 0 saturated heterocycles. The van der Waals surface area contributed by atoms with Crippen LogP contribution < -0.4 is 4.74 Å². The van der Waals surface area contributed by atoms with Crippen LogP contribution in [0.1, 0.15) is 43.5 Å². The highest BCUT2D eigenvalue weighted by Crippen LogP contribution is 2.60. The number of hydrogen-bond donors (Lipinski definition) is 0. The number of aromatic nitrogens is 3. The minimum atomic E-state index is -0.144. The molecule has 3 aromatic carbocycles. The molecule has 35 heavy (non-hydrogen) atoms. The van der Waals surface area contributed by atoms with Crippen LogP contribution in [0.2, 0.25) is 0 Å². The van der Waals surface area contributed by atoms with Gasteiger partial charge in [0.2, 0.25) is 12.3 Å². The Balaban J connectivity index is 1.39. The lowest BCUT2D eigenvalue weighted by atomic mass is 9.49. The van der Waals surface area contributed by atoms with E-state index in [0.717, 1.165) is 46.3 Å². The van der Waals surface area contributed by atoms with Gasteiger partial charge < -0.3 is 9.15 Å². The number of pyridine rings is 1. The predicted molar refractivity (Wildman–Crippen MR) is 136 cm³/mol. The fourth-order valence-electron chi connectivity index (χ4n) is 5.72. The zero-order valence-corrected chi connectivity index (χ0v) is 19.9. The molecule has 0 atom stereocenters. The summed E-state index contributed by atoms with van der Waals surface area (Å²) in [5.41, 5.74) is 5.39. The Morgan fingerprint density at radius 1 is 0.886 bits per heavy atom. The van der Waals surface area contributed by atoms with Gasteiger partial charge in [-0.1, -0.05) is 68.4 Å². The molecule has 1 aliphatic carbocycles. The fraction of sp³-hybridized carbons (Fsp3) is 0.233. The van der Waals surface area contributed by atoms with Crippen molar-refractivity contribution in [2.24, 2.45) is 5.41 Å². The Bertz CT molecular complexity index is 1470. The molecule has 5 aromatic rings. The third kappa shape index (κ3) is 3.97. The number of rotatable bonds is 6. The third-order valence-electron chi connectivity index (χ3n) is 7.03. The average Bonchev–Trinajstić information content (AvgIpc) is 3.41. The van der Waals surface area contributed by atoms with Gasteiger partial charge in [0, 0.05) is 16.4 Å². The number of benzene rings is 3. The molecule has 0 aliphatic heterocycles. The van der Waals surface area contributed by atoms with E-state index in [9.17, 15) is 0 Å². The van der Waals surface area contributed by atoms with Crippen molar-refractivity contribution in [3.05, 3.63) is 108 Å². The summed E-state index contributed by atoms with van der Waals surface area (Å²) >= 11 is 0. The molecular formula is C30H27N3O2. The van der Waals surface area contributed by atoms with Crippen molar-refractivity contribution in [2.75, 3.05) is 0 Å². The van der Waals surface area contributed by atoms with Gasteiger partial charge in [-0.15, -0.1) is 10.2 Å². The second kappa shape index (κ2) is 8.35. The van der Waals surface area contributed by atoms with E-state index in [2.05, 4.69) is 72.6 Å². The SMILES string of the molecule is CC1(C)CC(c2ccccc2)(c2cc(OCc3ccc4ccccc4n3)ccc2-c2nnco2)C1. The maximum absolute atomic E-state index is 6.28. The summed E-state index contributed by atoms with van der Waals surface area (Å²) in [6, 6.07) is 29.1. The Morgan fingerprint density at radius 3 is 2.46 bits per heavy atom. The quantitative estimate of drug-likeness (QED) is 0.273. The molecule has 174 valence electrons. The van der Waals surface area contributed by atoms with Crippen LogP contribution in [0.25, 0.3) is 22.4 Å². The van der Waals surface area contributed by atoms with Crippen molar-refractivity contribution in [3.8, 4) is 17.2 Å². The van der Waals surface area contributed by atoms with Gasteiger partial charge in [-0.05, 0) is 59.7 Å². The molecule has 0 radical (unpaired) electrons. The van der Waals surface area contributed by atoms with Crippen LogP contribution in [0.5, 0.6) is 5.75 Å². The van der Waals surface area contributed by atoms with Crippen LogP contribution in [0.4, 0.5) is 0 Å². The fourth-order valence-corrected chi connectivity index (χ4v) is 5.72. The van der Waals surface area contributed by atoms with E-state index in [-0.39, 0.29) is 10.8 Å². The van der Waals surface area contributed by atoms with Crippen molar-refractivity contribution in [3.63, 3.8) is 0 Å². The van der Waals surface area contributed by atoms with E-state index in [0.29, 0.717) is 12.5 Å². The van der Waals surface area contributed by atoms with Crippen LogP contribution in [0.15, 0.2) is 95.7 Å². The molecule has 6 rings (SSSR count). The molecule has 0 N–H and O–H groups in total. The number of fused-ring (bicyclic) bond motifs is 1. The summed E-state index contributed by atoms with van der Waals surface area (Å²) in [5.74, 6) is 1.33. The molecule has 1 saturated carbocycles. The molecule has 1 aliphatic rings. The maximum Gasteiger partial charge on any atom is 0.247 e. The lowest BCUT2D eigenvalue weighted by molar-refractivity contribution is 0.0882. The van der Waals surface area contributed by atoms with Crippen molar-refractivity contribution in [2.45, 2.75) is 38.7 Å². The monoisotopic (exact) mass is 461 g/mol. The van der Waals surface area contributed by atoms with Crippen LogP contribution >= 0.6 is 0 Å². The lowest BCUT2D eigenvalue weighted by Crippen LogP contribution is -2.47. The Kier molecular flexibility index (Phi) is 5.14. The summed E-state index contributed by atoms with van der Waals surface area (Å²) < 4.78 is 11.9. The largest absolute Gasteiger partial charge is 0.487 e. The first-order valence-corrected chi connectivity index (χ1v) is 12.0. The van der Waals surface area contributed by atoms with Crippen molar-refractivity contribution >= 4 is 10.9 Å². The summed E-state index contributed by atoms with van der Waals surface area (Å²) in [4.78, 5) is 4.76. The molecule has 0 amide bonds. The molecular weight excluding hydrogens is 434 g/mol. The maximum atomic E-state index is 6.28. The summed E-state index contributed by atoms with van der Waals surface area (Å²) in [5, 5.41) is 9.29. The topological polar surface area (TPSA) is 61.0 Å². The minimum absolute atomic E-state index is 0.144. The van der Waals surface area contributed by atoms with Gasteiger partial charge in [0.15, 0.2) is 0 Å². The molecule has 0 spiro atoms. The van der Waals surface area contributed by atoms with E-state index in [4.69, 9.17) is 14.1 Å². The smallest absolute Gasteiger partial charge is 0.247 e. The lowest BCUT2D eigenvalue weighted by Gasteiger charge is -2.54. The van der Waals surface area contributed by atoms with Crippen LogP contribution in [0.3, 0.4) is 0 Å². The Hall–Kier alpha value is -3.99. The molecule has 5 nitrogen and oxygen atoms in total. The summed E-state index contributed by atoms with van der Waals surface area (Å²) in [7, 11) is 0. The number of para-hydroxylation sites is 1. The highest BCUT2D eigenvalue weighted by atomic mass is 16.5. The van der Waals surface area contributed by atoms with Gasteiger partial charge >= 0.3 is 0 Å². The van der Waals surface area contributed by atoms with Crippen LogP contribution in [-0.2, 0) is 12.0 Å². The molecule has 0 bridgehead atoms. The second-order valence-corrected chi connectivity index (χ2v) is 10.2. The highest BCUT2D eigenvalue weighted by Gasteiger charge is 2.52. The van der Waals surface area contributed by atoms with E-state index < -0.39 is 0 Å². The first-order valence-electron chi connectivity index (χ1n) is 12.0. The zero-order valence-electron chi connectivity index (χ0n) is 19.9. The van der Waals surface area contributed by atoms with Crippen molar-refractivity contribution < 1.29 is 9.15 Å². The van der Waals surface area contributed by atoms with E-state index in [1.807, 2.05) is 36.4 Å². The van der Waals surface area contributed by atoms with Crippen LogP contribution in [0, 0.1) is 5.41 Å². The van der Waals surface area contributed by atoms with Crippen molar-refractivity contribution in [1.29, 1.82) is 0 Å². The molecule has 1 fully saturated rings. The van der Waals surface area contributed by atoms with Gasteiger partial charge in [0.25, 0.3) is 0 Å². The molecule has 2 heterocycles. The van der Waals surface area contributed by atoms with Gasteiger partial charge in [0.1, 0.15) is 12.4 Å². The first-order chi connectivity index (χ1) is 17.0. The standard InChI is InChI=1S/C30H27N3O2/c1-29(2)18-30(19-29,22-9-4-3-5-10-22)26-16-24(14-15-25(26)28-33-31-20-35-28)34-17-23-13-12-21-8-6-7-11-27(21)32-23/h3-16,20H,17-19H2,1-2H3. The summed E-state index contributed by atoms with van der Waals surface area (Å²) in [6.45, 7) is 5.05. The van der Waals surface area contributed by atoms with Gasteiger partial charge in [-0.25, -0.2) is 4.98 Å². The van der Waals surface area contributed by atoms with E-state index in [1.54, 1.807) is 0 Å². The Labute approximate surface area is 204 Å². The van der Waals surface area contributed by atoms with Gasteiger partial charge in [-0.3, -0.25) is 0 Å². The number of nitrogens with zero attached hydrogens (tertiary/aromatic N) is 3. The minimum Gasteiger partial charge on any atom is -0.487 e. The number of ether oxygens (including phenoxy) is 1. The zero-order chi connectivity index (χ0) is 23.9. The molecule has 0 unspecified atom stereocenters. The normalized spacial score (nSPS) is 16.1. The summed E-state index contributed by atoms with van der Waals surface area (Å²) in [6.07, 6.45) is 3.44.